The van der Waals surface area contributed by atoms with Crippen molar-refractivity contribution in [2.24, 2.45) is 5.14 Å². The number of carbonyl (C=O) groups is 2. The zero-order chi connectivity index (χ0) is 26.7. The van der Waals surface area contributed by atoms with E-state index in [0.29, 0.717) is 21.6 Å². The molecule has 198 valence electrons. The molecule has 1 fully saturated rings. The third kappa shape index (κ3) is 5.62. The number of para-hydroxylation sites is 1. The van der Waals surface area contributed by atoms with Gasteiger partial charge in [-0.05, 0) is 60.7 Å². The molecule has 2 heterocycles. The van der Waals surface area contributed by atoms with E-state index in [1.807, 2.05) is 35.7 Å². The van der Waals surface area contributed by atoms with Gasteiger partial charge >= 0.3 is 0 Å². The highest BCUT2D eigenvalue weighted by molar-refractivity contribution is 7.89. The number of fused-ring (bicyclic) bond motifs is 1. The van der Waals surface area contributed by atoms with Crippen molar-refractivity contribution in [3.8, 4) is 0 Å². The van der Waals surface area contributed by atoms with Crippen molar-refractivity contribution in [1.82, 2.24) is 20.3 Å². The maximum atomic E-state index is 14.0. The van der Waals surface area contributed by atoms with Crippen LogP contribution in [0, 0.1) is 0 Å². The molecule has 0 saturated heterocycles. The summed E-state index contributed by atoms with van der Waals surface area (Å²) in [6.07, 6.45) is 5.03. The lowest BCUT2D eigenvalue weighted by atomic mass is 9.95. The molecule has 2 aromatic heterocycles. The fourth-order valence-electron chi connectivity index (χ4n) is 4.82. The van der Waals surface area contributed by atoms with Crippen LogP contribution in [-0.4, -0.2) is 41.3 Å². The summed E-state index contributed by atoms with van der Waals surface area (Å²) >= 11 is 1.37. The largest absolute Gasteiger partial charge is 0.351 e. The molecule has 3 N–H and O–H groups in total. The monoisotopic (exact) mass is 552 g/mol. The number of rotatable bonds is 8. The molecule has 1 aliphatic rings. The Morgan fingerprint density at radius 2 is 1.79 bits per heavy atom. The van der Waals surface area contributed by atoms with E-state index in [4.69, 9.17) is 5.14 Å². The number of hydrogen-bond acceptors (Lipinski definition) is 7. The number of nitrogens with zero attached hydrogens (tertiary/aromatic N) is 4. The summed E-state index contributed by atoms with van der Waals surface area (Å²) in [5.41, 5.74) is 1.70. The van der Waals surface area contributed by atoms with E-state index in [1.165, 1.54) is 45.2 Å². The number of amides is 2. The fraction of sp³-hybridized carbons (Fsp3) is 0.308. The molecule has 1 saturated carbocycles. The average Bonchev–Trinajstić information content (AvgIpc) is 3.58. The van der Waals surface area contributed by atoms with E-state index in [1.54, 1.807) is 6.07 Å². The van der Waals surface area contributed by atoms with Crippen LogP contribution in [0.15, 0.2) is 70.9 Å². The first-order valence-electron chi connectivity index (χ1n) is 12.4. The zero-order valence-corrected chi connectivity index (χ0v) is 22.2. The Balaban J connectivity index is 1.55. The molecular formula is C26H28N6O4S2. The van der Waals surface area contributed by atoms with Crippen LogP contribution in [0.1, 0.15) is 43.0 Å². The van der Waals surface area contributed by atoms with Crippen molar-refractivity contribution < 1.29 is 18.0 Å². The summed E-state index contributed by atoms with van der Waals surface area (Å²) in [6.45, 7) is -0.171. The summed E-state index contributed by atoms with van der Waals surface area (Å²) in [7, 11) is -3.93. The minimum Gasteiger partial charge on any atom is -0.351 e. The van der Waals surface area contributed by atoms with Gasteiger partial charge < -0.3 is 5.32 Å². The topological polar surface area (TPSA) is 140 Å². The van der Waals surface area contributed by atoms with Gasteiger partial charge in [0, 0.05) is 16.6 Å². The molecule has 0 radical (unpaired) electrons. The Kier molecular flexibility index (Phi) is 7.54. The van der Waals surface area contributed by atoms with Gasteiger partial charge in [-0.1, -0.05) is 42.7 Å². The number of nitrogens with one attached hydrogen (secondary N) is 1. The molecule has 5 rings (SSSR count). The predicted octanol–water partition coefficient (Wildman–Crippen LogP) is 3.36. The van der Waals surface area contributed by atoms with Crippen molar-refractivity contribution in [3.05, 3.63) is 70.9 Å². The van der Waals surface area contributed by atoms with Crippen LogP contribution in [0.2, 0.25) is 0 Å². The Morgan fingerprint density at radius 3 is 2.47 bits per heavy atom. The summed E-state index contributed by atoms with van der Waals surface area (Å²) in [4.78, 5) is 29.8. The van der Waals surface area contributed by atoms with Crippen molar-refractivity contribution >= 4 is 49.9 Å². The number of carbonyl (C=O) groups excluding carboxylic acids is 2. The molecule has 4 aromatic rings. The summed E-state index contributed by atoms with van der Waals surface area (Å²) < 4.78 is 25.2. The van der Waals surface area contributed by atoms with Gasteiger partial charge in [0.25, 0.3) is 0 Å². The van der Waals surface area contributed by atoms with Gasteiger partial charge in [0.1, 0.15) is 18.1 Å². The van der Waals surface area contributed by atoms with E-state index >= 15 is 0 Å². The lowest BCUT2D eigenvalue weighted by Crippen LogP contribution is -2.48. The molecule has 38 heavy (non-hydrogen) atoms. The standard InChI is InChI=1S/C26H28N6O4S2/c27-38(35,36)20-14-12-19(13-15-20)32(24(33)17-31-22-10-5-4-9-21(22)29-30-31)25(23-11-6-16-37-23)26(34)28-18-7-2-1-3-8-18/h4-6,9-16,18,25H,1-3,7-8,17H2,(H,28,34)(H2,27,35,36). The van der Waals surface area contributed by atoms with Crippen molar-refractivity contribution in [2.45, 2.75) is 55.6 Å². The van der Waals surface area contributed by atoms with E-state index in [-0.39, 0.29) is 23.4 Å². The highest BCUT2D eigenvalue weighted by Gasteiger charge is 2.35. The van der Waals surface area contributed by atoms with E-state index < -0.39 is 22.0 Å². The fourth-order valence-corrected chi connectivity index (χ4v) is 6.15. The molecule has 1 atom stereocenters. The second-order valence-corrected chi connectivity index (χ2v) is 11.8. The highest BCUT2D eigenvalue weighted by Crippen LogP contribution is 2.32. The van der Waals surface area contributed by atoms with Gasteiger partial charge in [-0.25, -0.2) is 18.2 Å². The van der Waals surface area contributed by atoms with Crippen LogP contribution in [0.25, 0.3) is 11.0 Å². The van der Waals surface area contributed by atoms with E-state index in [9.17, 15) is 18.0 Å². The zero-order valence-electron chi connectivity index (χ0n) is 20.6. The van der Waals surface area contributed by atoms with Crippen LogP contribution in [-0.2, 0) is 26.2 Å². The number of benzene rings is 2. The quantitative estimate of drug-likeness (QED) is 0.343. The first-order chi connectivity index (χ1) is 18.3. The number of thiophene rings is 1. The predicted molar refractivity (Wildman–Crippen MR) is 145 cm³/mol. The third-order valence-electron chi connectivity index (χ3n) is 6.69. The average molecular weight is 553 g/mol. The van der Waals surface area contributed by atoms with Crippen molar-refractivity contribution in [2.75, 3.05) is 4.90 Å². The Morgan fingerprint density at radius 1 is 1.05 bits per heavy atom. The third-order valence-corrected chi connectivity index (χ3v) is 8.54. The second kappa shape index (κ2) is 11.0. The van der Waals surface area contributed by atoms with Crippen LogP contribution in [0.4, 0.5) is 5.69 Å². The number of hydrogen-bond donors (Lipinski definition) is 2. The lowest BCUT2D eigenvalue weighted by Gasteiger charge is -2.32. The van der Waals surface area contributed by atoms with E-state index in [2.05, 4.69) is 15.6 Å². The van der Waals surface area contributed by atoms with Crippen LogP contribution in [0.5, 0.6) is 0 Å². The van der Waals surface area contributed by atoms with Crippen LogP contribution < -0.4 is 15.4 Å². The maximum Gasteiger partial charge on any atom is 0.249 e. The van der Waals surface area contributed by atoms with Gasteiger partial charge in [-0.2, -0.15) is 0 Å². The highest BCUT2D eigenvalue weighted by atomic mass is 32.2. The molecule has 0 spiro atoms. The van der Waals surface area contributed by atoms with Gasteiger partial charge in [-0.15, -0.1) is 16.4 Å². The summed E-state index contributed by atoms with van der Waals surface area (Å²) in [5, 5.41) is 18.6. The first-order valence-corrected chi connectivity index (χ1v) is 14.8. The SMILES string of the molecule is NS(=O)(=O)c1ccc(N(C(=O)Cn2nnc3ccccc32)C(C(=O)NC2CCCCC2)c2cccs2)cc1. The van der Waals surface area contributed by atoms with Crippen molar-refractivity contribution in [1.29, 1.82) is 0 Å². The molecule has 2 amide bonds. The lowest BCUT2D eigenvalue weighted by molar-refractivity contribution is -0.127. The summed E-state index contributed by atoms with van der Waals surface area (Å²) in [5.74, 6) is -0.687. The number of sulfonamides is 1. The van der Waals surface area contributed by atoms with Crippen LogP contribution in [0.3, 0.4) is 0 Å². The molecule has 12 heteroatoms. The molecular weight excluding hydrogens is 524 g/mol. The second-order valence-electron chi connectivity index (χ2n) is 9.30. The molecule has 1 aliphatic carbocycles. The molecule has 0 bridgehead atoms. The molecule has 2 aromatic carbocycles. The first kappa shape index (κ1) is 26.0. The van der Waals surface area contributed by atoms with Crippen LogP contribution >= 0.6 is 11.3 Å². The number of aromatic nitrogens is 3. The van der Waals surface area contributed by atoms with E-state index in [0.717, 1.165) is 32.1 Å². The number of anilines is 1. The minimum atomic E-state index is -3.93. The maximum absolute atomic E-state index is 14.0. The Labute approximate surface area is 224 Å². The number of nitrogens with two attached hydrogens (primary N) is 1. The van der Waals surface area contributed by atoms with Crippen molar-refractivity contribution in [3.63, 3.8) is 0 Å². The summed E-state index contributed by atoms with van der Waals surface area (Å²) in [6, 6.07) is 15.7. The van der Waals surface area contributed by atoms with Gasteiger partial charge in [0.05, 0.1) is 10.4 Å². The van der Waals surface area contributed by atoms with Gasteiger partial charge in [0.15, 0.2) is 0 Å². The Bertz CT molecular complexity index is 1530. The molecule has 1 unspecified atom stereocenters. The van der Waals surface area contributed by atoms with Gasteiger partial charge in [0.2, 0.25) is 21.8 Å². The molecule has 10 nitrogen and oxygen atoms in total. The smallest absolute Gasteiger partial charge is 0.249 e. The number of primary sulfonamides is 1. The molecule has 0 aliphatic heterocycles. The van der Waals surface area contributed by atoms with Gasteiger partial charge in [-0.3, -0.25) is 14.5 Å². The minimum absolute atomic E-state index is 0.0414. The Hall–Kier alpha value is -3.61. The normalized spacial score (nSPS) is 15.3.